The second-order valence-electron chi connectivity index (χ2n) is 10.0. The van der Waals surface area contributed by atoms with Crippen molar-refractivity contribution in [3.05, 3.63) is 59.2 Å². The van der Waals surface area contributed by atoms with Crippen LogP contribution in [0.5, 0.6) is 5.75 Å². The minimum atomic E-state index is -2.71. The lowest BCUT2D eigenvalue weighted by atomic mass is 10.1. The Morgan fingerprint density at radius 1 is 1.07 bits per heavy atom. The molecule has 41 heavy (non-hydrogen) atoms. The van der Waals surface area contributed by atoms with Gasteiger partial charge in [0.1, 0.15) is 18.3 Å². The summed E-state index contributed by atoms with van der Waals surface area (Å²) in [5.41, 5.74) is 2.62. The minimum Gasteiger partial charge on any atom is -0.759 e. The molecule has 2 N–H and O–H groups in total. The van der Waals surface area contributed by atoms with Gasteiger partial charge in [0.25, 0.3) is 5.91 Å². The standard InChI is InChI=1S/C29H35N5O6S/c1-20(2)27(29(36)37)34(41(38)39)33-17-15-32(16-18-33)24-10-7-22(8-11-24)5-6-23-9-12-26(40-21(3)4)25(19-23)28(35)31-14-13-30/h7-12,19-21,27H,14-18H2,1-4H3,(H,31,35)(H,36,37)(H,38,39)/p-1. The van der Waals surface area contributed by atoms with E-state index in [4.69, 9.17) is 10.00 Å². The maximum atomic E-state index is 12.5. The highest BCUT2D eigenvalue weighted by molar-refractivity contribution is 7.76. The van der Waals surface area contributed by atoms with Gasteiger partial charge in [-0.3, -0.25) is 13.8 Å². The number of nitrogens with one attached hydrogen (secondary N) is 1. The van der Waals surface area contributed by atoms with Gasteiger partial charge in [-0.05, 0) is 62.2 Å². The fourth-order valence-electron chi connectivity index (χ4n) is 4.41. The van der Waals surface area contributed by atoms with Crippen molar-refractivity contribution in [2.75, 3.05) is 37.6 Å². The fourth-order valence-corrected chi connectivity index (χ4v) is 5.28. The number of anilines is 1. The highest BCUT2D eigenvalue weighted by Gasteiger charge is 2.35. The van der Waals surface area contributed by atoms with Crippen LogP contribution in [0.2, 0.25) is 0 Å². The van der Waals surface area contributed by atoms with Gasteiger partial charge in [-0.1, -0.05) is 25.7 Å². The van der Waals surface area contributed by atoms with Crippen LogP contribution in [-0.4, -0.2) is 80.0 Å². The first-order valence-electron chi connectivity index (χ1n) is 13.2. The normalized spacial score (nSPS) is 15.1. The van der Waals surface area contributed by atoms with Gasteiger partial charge < -0.3 is 24.6 Å². The topological polar surface area (TPSA) is 149 Å². The van der Waals surface area contributed by atoms with Gasteiger partial charge in [-0.25, -0.2) is 5.01 Å². The number of nitrogens with zero attached hydrogens (tertiary/aromatic N) is 4. The van der Waals surface area contributed by atoms with Gasteiger partial charge in [0.15, 0.2) is 0 Å². The van der Waals surface area contributed by atoms with E-state index < -0.39 is 35.1 Å². The number of benzene rings is 2. The summed E-state index contributed by atoms with van der Waals surface area (Å²) in [5, 5.41) is 22.5. The molecule has 2 atom stereocenters. The number of carbonyl (C=O) groups is 2. The van der Waals surface area contributed by atoms with Crippen molar-refractivity contribution >= 4 is 28.8 Å². The van der Waals surface area contributed by atoms with Crippen LogP contribution in [0.4, 0.5) is 5.69 Å². The molecule has 0 aliphatic carbocycles. The third-order valence-electron chi connectivity index (χ3n) is 6.31. The molecule has 1 heterocycles. The van der Waals surface area contributed by atoms with Crippen molar-refractivity contribution in [1.29, 1.82) is 5.26 Å². The van der Waals surface area contributed by atoms with Gasteiger partial charge in [-0.15, -0.1) is 0 Å². The summed E-state index contributed by atoms with van der Waals surface area (Å²) in [7, 11) is 0. The number of hydrogen-bond donors (Lipinski definition) is 2. The zero-order valence-corrected chi connectivity index (χ0v) is 24.3. The zero-order valence-electron chi connectivity index (χ0n) is 23.5. The van der Waals surface area contributed by atoms with Gasteiger partial charge in [0, 0.05) is 54.3 Å². The van der Waals surface area contributed by atoms with Gasteiger partial charge >= 0.3 is 5.97 Å². The molecule has 2 unspecified atom stereocenters. The Balaban J connectivity index is 1.70. The largest absolute Gasteiger partial charge is 0.759 e. The second-order valence-corrected chi connectivity index (χ2v) is 10.8. The second kappa shape index (κ2) is 14.6. The first-order chi connectivity index (χ1) is 19.5. The van der Waals surface area contributed by atoms with Crippen molar-refractivity contribution in [1.82, 2.24) is 14.7 Å². The molecule has 0 saturated carbocycles. The summed E-state index contributed by atoms with van der Waals surface area (Å²) >= 11 is -2.71. The van der Waals surface area contributed by atoms with E-state index in [9.17, 15) is 23.5 Å². The minimum absolute atomic E-state index is 0.117. The smallest absolute Gasteiger partial charge is 0.323 e. The molecule has 0 bridgehead atoms. The molecule has 0 radical (unpaired) electrons. The molecule has 1 amide bonds. The number of carboxylic acids is 1. The van der Waals surface area contributed by atoms with Gasteiger partial charge in [0.2, 0.25) is 0 Å². The Labute approximate surface area is 243 Å². The van der Waals surface area contributed by atoms with Crippen LogP contribution in [0.3, 0.4) is 0 Å². The van der Waals surface area contributed by atoms with Crippen molar-refractivity contribution < 1.29 is 28.2 Å². The predicted molar refractivity (Wildman–Crippen MR) is 153 cm³/mol. The number of rotatable bonds is 10. The summed E-state index contributed by atoms with van der Waals surface area (Å²) in [6.45, 7) is 8.71. The lowest BCUT2D eigenvalue weighted by Crippen LogP contribution is -2.60. The average Bonchev–Trinajstić information content (AvgIpc) is 2.93. The van der Waals surface area contributed by atoms with Crippen LogP contribution in [-0.2, 0) is 16.1 Å². The number of piperazine rings is 1. The monoisotopic (exact) mass is 580 g/mol. The maximum Gasteiger partial charge on any atom is 0.323 e. The molecule has 0 aromatic heterocycles. The molecule has 1 fully saturated rings. The highest BCUT2D eigenvalue weighted by atomic mass is 32.2. The van der Waals surface area contributed by atoms with Crippen molar-refractivity contribution in [2.45, 2.75) is 39.8 Å². The number of hydrogen-bond acceptors (Lipinski definition) is 8. The van der Waals surface area contributed by atoms with E-state index in [1.165, 1.54) is 0 Å². The van der Waals surface area contributed by atoms with E-state index in [2.05, 4.69) is 22.1 Å². The number of aliphatic carboxylic acids is 1. The maximum absolute atomic E-state index is 12.5. The molecule has 3 rings (SSSR count). The molecule has 2 aromatic carbocycles. The number of carbonyl (C=O) groups excluding carboxylic acids is 1. The molecule has 0 spiro atoms. The van der Waals surface area contributed by atoms with Crippen LogP contribution in [0.25, 0.3) is 0 Å². The Kier molecular flexibility index (Phi) is 11.3. The summed E-state index contributed by atoms with van der Waals surface area (Å²) in [5.74, 6) is 4.59. The van der Waals surface area contributed by atoms with E-state index >= 15 is 0 Å². The van der Waals surface area contributed by atoms with Crippen LogP contribution in [0.15, 0.2) is 42.5 Å². The molecule has 1 aliphatic heterocycles. The first kappa shape index (κ1) is 31.6. The molecule has 11 nitrogen and oxygen atoms in total. The van der Waals surface area contributed by atoms with E-state index in [0.29, 0.717) is 43.1 Å². The first-order valence-corrected chi connectivity index (χ1v) is 14.2. The fraction of sp³-hybridized carbons (Fsp3) is 0.414. The zero-order chi connectivity index (χ0) is 30.1. The van der Waals surface area contributed by atoms with E-state index in [-0.39, 0.29) is 12.6 Å². The van der Waals surface area contributed by atoms with E-state index in [1.807, 2.05) is 44.2 Å². The molecule has 218 valence electrons. The van der Waals surface area contributed by atoms with Crippen LogP contribution in [0.1, 0.15) is 49.2 Å². The van der Waals surface area contributed by atoms with E-state index in [0.717, 1.165) is 15.7 Å². The average molecular weight is 581 g/mol. The van der Waals surface area contributed by atoms with Crippen LogP contribution >= 0.6 is 0 Å². The molecule has 12 heteroatoms. The van der Waals surface area contributed by atoms with Gasteiger partial charge in [-0.2, -0.15) is 9.68 Å². The summed E-state index contributed by atoms with van der Waals surface area (Å²) in [6.07, 6.45) is -0.132. The van der Waals surface area contributed by atoms with Crippen molar-refractivity contribution in [3.63, 3.8) is 0 Å². The molecule has 2 aromatic rings. The van der Waals surface area contributed by atoms with Gasteiger partial charge in [0.05, 0.1) is 17.7 Å². The Morgan fingerprint density at radius 3 is 2.22 bits per heavy atom. The van der Waals surface area contributed by atoms with Crippen LogP contribution < -0.4 is 15.0 Å². The van der Waals surface area contributed by atoms with Crippen molar-refractivity contribution in [2.24, 2.45) is 5.92 Å². The molecular formula is C29H34N5O6S-. The number of amides is 1. The Hall–Kier alpha value is -3.94. The number of nitriles is 1. The summed E-state index contributed by atoms with van der Waals surface area (Å²) in [6, 6.07) is 13.4. The molecule has 1 saturated heterocycles. The number of hydrazine groups is 1. The predicted octanol–water partition coefficient (Wildman–Crippen LogP) is 2.37. The molecule has 1 aliphatic rings. The van der Waals surface area contributed by atoms with Crippen molar-refractivity contribution in [3.8, 4) is 23.7 Å². The van der Waals surface area contributed by atoms with E-state index in [1.54, 1.807) is 37.1 Å². The van der Waals surface area contributed by atoms with Crippen LogP contribution in [0, 0.1) is 29.1 Å². The number of carboxylic acid groups (broad SMARTS) is 1. The molecular weight excluding hydrogens is 546 g/mol. The Morgan fingerprint density at radius 2 is 1.68 bits per heavy atom. The number of ether oxygens (including phenoxy) is 1. The quantitative estimate of drug-likeness (QED) is 0.245. The summed E-state index contributed by atoms with van der Waals surface area (Å²) in [4.78, 5) is 26.4. The third-order valence-corrected chi connectivity index (χ3v) is 7.07. The Bertz CT molecular complexity index is 1350. The SMILES string of the molecule is CC(C)Oc1ccc(C#Cc2ccc(N3CCN(N(C(C(=O)O)C(C)C)S(=O)[O-])CC3)cc2)cc1C(=O)NCC#N. The lowest BCUT2D eigenvalue weighted by Gasteiger charge is -2.45. The summed E-state index contributed by atoms with van der Waals surface area (Å²) < 4.78 is 30.5. The lowest BCUT2D eigenvalue weighted by molar-refractivity contribution is -0.149. The third kappa shape index (κ3) is 8.52. The highest BCUT2D eigenvalue weighted by Crippen LogP contribution is 2.23.